The third-order valence-corrected chi connectivity index (χ3v) is 3.27. The summed E-state index contributed by atoms with van der Waals surface area (Å²) < 4.78 is 0. The average Bonchev–Trinajstić information content (AvgIpc) is 2.68. The number of nitrogens with zero attached hydrogens (tertiary/aromatic N) is 2. The number of hydrogen-bond acceptors (Lipinski definition) is 5. The van der Waals surface area contributed by atoms with Crippen molar-refractivity contribution in [1.29, 1.82) is 0 Å². The zero-order valence-corrected chi connectivity index (χ0v) is 11.2. The van der Waals surface area contributed by atoms with Gasteiger partial charge in [0.15, 0.2) is 0 Å². The van der Waals surface area contributed by atoms with E-state index in [9.17, 15) is 20.0 Å². The molecule has 0 aliphatic carbocycles. The quantitative estimate of drug-likeness (QED) is 0.633. The van der Waals surface area contributed by atoms with Crippen molar-refractivity contribution in [3.8, 4) is 0 Å². The number of rotatable bonds is 4. The van der Waals surface area contributed by atoms with Gasteiger partial charge in [-0.05, 0) is 19.4 Å². The molecule has 1 heterocycles. The Morgan fingerprint density at radius 2 is 2.25 bits per heavy atom. The number of carbonyl (C=O) groups excluding carboxylic acids is 1. The van der Waals surface area contributed by atoms with Crippen LogP contribution in [0.25, 0.3) is 0 Å². The molecular formula is C13H17N3O4. The minimum Gasteiger partial charge on any atom is -0.389 e. The molecule has 1 aliphatic heterocycles. The maximum Gasteiger partial charge on any atom is 0.292 e. The molecule has 108 valence electrons. The van der Waals surface area contributed by atoms with Crippen LogP contribution in [0.3, 0.4) is 0 Å². The Bertz CT molecular complexity index is 530. The first-order valence-corrected chi connectivity index (χ1v) is 6.35. The molecule has 0 aromatic heterocycles. The van der Waals surface area contributed by atoms with Gasteiger partial charge >= 0.3 is 0 Å². The van der Waals surface area contributed by atoms with Crippen molar-refractivity contribution in [2.45, 2.75) is 18.9 Å². The highest BCUT2D eigenvalue weighted by Crippen LogP contribution is 2.24. The Hall–Kier alpha value is -1.99. The third-order valence-electron chi connectivity index (χ3n) is 3.27. The van der Waals surface area contributed by atoms with Crippen LogP contribution >= 0.6 is 0 Å². The first-order valence-electron chi connectivity index (χ1n) is 6.35. The monoisotopic (exact) mass is 279 g/mol. The highest BCUT2D eigenvalue weighted by atomic mass is 16.6. The largest absolute Gasteiger partial charge is 0.389 e. The molecule has 1 unspecified atom stereocenters. The molecule has 0 spiro atoms. The number of nitrogens with one attached hydrogen (secondary N) is 1. The topological polar surface area (TPSA) is 95.7 Å². The number of hydrogen-bond donors (Lipinski definition) is 2. The SMILES string of the molecule is CC1(O)CCN(CC(=O)Nc2ccccc2[N+](=O)[O-])C1. The summed E-state index contributed by atoms with van der Waals surface area (Å²) in [6, 6.07) is 6.02. The number of carbonyl (C=O) groups is 1. The molecule has 0 bridgehead atoms. The number of amides is 1. The Morgan fingerprint density at radius 3 is 2.85 bits per heavy atom. The van der Waals surface area contributed by atoms with Gasteiger partial charge in [0.2, 0.25) is 5.91 Å². The van der Waals surface area contributed by atoms with E-state index in [0.717, 1.165) is 0 Å². The van der Waals surface area contributed by atoms with Gasteiger partial charge in [-0.3, -0.25) is 19.8 Å². The molecule has 1 saturated heterocycles. The van der Waals surface area contributed by atoms with Crippen LogP contribution in [0, 0.1) is 10.1 Å². The van der Waals surface area contributed by atoms with Crippen LogP contribution in [-0.4, -0.2) is 46.1 Å². The zero-order valence-electron chi connectivity index (χ0n) is 11.2. The lowest BCUT2D eigenvalue weighted by molar-refractivity contribution is -0.383. The van der Waals surface area contributed by atoms with Crippen LogP contribution in [0.2, 0.25) is 0 Å². The Labute approximate surface area is 116 Å². The number of nitro benzene ring substituents is 1. The van der Waals surface area contributed by atoms with Gasteiger partial charge < -0.3 is 10.4 Å². The van der Waals surface area contributed by atoms with Crippen LogP contribution in [0.15, 0.2) is 24.3 Å². The van der Waals surface area contributed by atoms with Gasteiger partial charge in [0.05, 0.1) is 17.1 Å². The summed E-state index contributed by atoms with van der Waals surface area (Å²) >= 11 is 0. The molecule has 2 rings (SSSR count). The number of likely N-dealkylation sites (tertiary alicyclic amines) is 1. The fourth-order valence-electron chi connectivity index (χ4n) is 2.31. The number of β-amino-alcohol motifs (C(OH)–C–C–N with tert-alkyl or cyclic N) is 1. The van der Waals surface area contributed by atoms with Gasteiger partial charge in [0, 0.05) is 19.2 Å². The predicted octanol–water partition coefficient (Wildman–Crippen LogP) is 0.990. The number of aliphatic hydroxyl groups is 1. The van der Waals surface area contributed by atoms with Crippen LogP contribution in [0.5, 0.6) is 0 Å². The lowest BCUT2D eigenvalue weighted by Gasteiger charge is -2.18. The number of para-hydroxylation sites is 2. The molecular weight excluding hydrogens is 262 g/mol. The van der Waals surface area contributed by atoms with E-state index >= 15 is 0 Å². The Balaban J connectivity index is 1.97. The molecule has 0 saturated carbocycles. The summed E-state index contributed by atoms with van der Waals surface area (Å²) in [5.41, 5.74) is -0.707. The van der Waals surface area contributed by atoms with Gasteiger partial charge in [-0.2, -0.15) is 0 Å². The number of anilines is 1. The molecule has 0 radical (unpaired) electrons. The molecule has 7 nitrogen and oxygen atoms in total. The highest BCUT2D eigenvalue weighted by Gasteiger charge is 2.32. The number of benzene rings is 1. The predicted molar refractivity (Wildman–Crippen MR) is 73.4 cm³/mol. The summed E-state index contributed by atoms with van der Waals surface area (Å²) in [5.74, 6) is -0.322. The summed E-state index contributed by atoms with van der Waals surface area (Å²) in [6.45, 7) is 2.91. The maximum atomic E-state index is 11.9. The first-order chi connectivity index (χ1) is 9.37. The maximum absolute atomic E-state index is 11.9. The second-order valence-electron chi connectivity index (χ2n) is 5.28. The van der Waals surface area contributed by atoms with Gasteiger partial charge in [0.25, 0.3) is 5.69 Å². The standard InChI is InChI=1S/C13H17N3O4/c1-13(18)6-7-15(9-13)8-12(17)14-10-4-2-3-5-11(10)16(19)20/h2-5,18H,6-9H2,1H3,(H,14,17). The van der Waals surface area contributed by atoms with Crippen LogP contribution < -0.4 is 5.32 Å². The fourth-order valence-corrected chi connectivity index (χ4v) is 2.31. The molecule has 2 N–H and O–H groups in total. The molecule has 1 atom stereocenters. The molecule has 7 heteroatoms. The van der Waals surface area contributed by atoms with Crippen molar-refractivity contribution < 1.29 is 14.8 Å². The summed E-state index contributed by atoms with van der Waals surface area (Å²) in [7, 11) is 0. The van der Waals surface area contributed by atoms with Gasteiger partial charge in [-0.1, -0.05) is 12.1 Å². The van der Waals surface area contributed by atoms with Crippen molar-refractivity contribution in [3.05, 3.63) is 34.4 Å². The average molecular weight is 279 g/mol. The summed E-state index contributed by atoms with van der Waals surface area (Å²) in [4.78, 5) is 24.0. The first kappa shape index (κ1) is 14.4. The van der Waals surface area contributed by atoms with Gasteiger partial charge in [-0.15, -0.1) is 0 Å². The molecule has 1 fully saturated rings. The van der Waals surface area contributed by atoms with E-state index in [1.165, 1.54) is 12.1 Å². The van der Waals surface area contributed by atoms with Gasteiger partial charge in [-0.25, -0.2) is 0 Å². The van der Waals surface area contributed by atoms with Gasteiger partial charge in [0.1, 0.15) is 5.69 Å². The molecule has 1 amide bonds. The highest BCUT2D eigenvalue weighted by molar-refractivity contribution is 5.94. The molecule has 1 aliphatic rings. The van der Waals surface area contributed by atoms with Crippen molar-refractivity contribution in [3.63, 3.8) is 0 Å². The Kier molecular flexibility index (Phi) is 4.01. The second kappa shape index (κ2) is 5.56. The summed E-state index contributed by atoms with van der Waals surface area (Å²) in [5, 5.41) is 23.2. The minimum absolute atomic E-state index is 0.113. The van der Waals surface area contributed by atoms with E-state index in [4.69, 9.17) is 0 Å². The second-order valence-corrected chi connectivity index (χ2v) is 5.28. The molecule has 20 heavy (non-hydrogen) atoms. The van der Waals surface area contributed by atoms with Crippen LogP contribution in [-0.2, 0) is 4.79 Å². The normalized spacial score (nSPS) is 22.7. The van der Waals surface area contributed by atoms with E-state index < -0.39 is 10.5 Å². The third kappa shape index (κ3) is 3.52. The van der Waals surface area contributed by atoms with E-state index in [1.54, 1.807) is 19.1 Å². The van der Waals surface area contributed by atoms with Crippen molar-refractivity contribution >= 4 is 17.3 Å². The fraction of sp³-hybridized carbons (Fsp3) is 0.462. The van der Waals surface area contributed by atoms with E-state index in [-0.39, 0.29) is 23.8 Å². The lowest BCUT2D eigenvalue weighted by atomic mass is 10.1. The molecule has 1 aromatic carbocycles. The number of nitro groups is 1. The van der Waals surface area contributed by atoms with E-state index in [0.29, 0.717) is 19.5 Å². The zero-order chi connectivity index (χ0) is 14.8. The van der Waals surface area contributed by atoms with E-state index in [2.05, 4.69) is 5.32 Å². The summed E-state index contributed by atoms with van der Waals surface area (Å²) in [6.07, 6.45) is 0.617. The smallest absolute Gasteiger partial charge is 0.292 e. The van der Waals surface area contributed by atoms with E-state index in [1.807, 2.05) is 4.90 Å². The lowest BCUT2D eigenvalue weighted by Crippen LogP contribution is -2.35. The molecule has 1 aromatic rings. The van der Waals surface area contributed by atoms with Crippen LogP contribution in [0.4, 0.5) is 11.4 Å². The van der Waals surface area contributed by atoms with Crippen molar-refractivity contribution in [2.75, 3.05) is 25.0 Å². The van der Waals surface area contributed by atoms with Crippen LogP contribution in [0.1, 0.15) is 13.3 Å². The van der Waals surface area contributed by atoms with Crippen molar-refractivity contribution in [1.82, 2.24) is 4.90 Å². The Morgan fingerprint density at radius 1 is 1.55 bits per heavy atom. The van der Waals surface area contributed by atoms with Crippen molar-refractivity contribution in [2.24, 2.45) is 0 Å². The minimum atomic E-state index is -0.765.